The van der Waals surface area contributed by atoms with Crippen LogP contribution in [-0.2, 0) is 16.0 Å². The fourth-order valence-corrected chi connectivity index (χ4v) is 1.51. The first-order chi connectivity index (χ1) is 8.40. The SMILES string of the molecule is Cc1cccc(CC(NC(=O)C(F)F)C(=O)O)c1. The second kappa shape index (κ2) is 6.09. The molecule has 0 aliphatic carbocycles. The predicted octanol–water partition coefficient (Wildman–Crippen LogP) is 1.37. The zero-order valence-corrected chi connectivity index (χ0v) is 9.69. The van der Waals surface area contributed by atoms with Gasteiger partial charge in [-0.05, 0) is 12.5 Å². The van der Waals surface area contributed by atoms with Crippen molar-refractivity contribution >= 4 is 11.9 Å². The molecule has 0 heterocycles. The monoisotopic (exact) mass is 257 g/mol. The Bertz CT molecular complexity index is 449. The van der Waals surface area contributed by atoms with Crippen LogP contribution in [0.2, 0.25) is 0 Å². The van der Waals surface area contributed by atoms with Gasteiger partial charge in [0.2, 0.25) is 0 Å². The van der Waals surface area contributed by atoms with Gasteiger partial charge in [0.05, 0.1) is 0 Å². The molecule has 18 heavy (non-hydrogen) atoms. The van der Waals surface area contributed by atoms with Gasteiger partial charge in [-0.3, -0.25) is 4.79 Å². The van der Waals surface area contributed by atoms with E-state index in [0.717, 1.165) is 5.56 Å². The van der Waals surface area contributed by atoms with E-state index >= 15 is 0 Å². The highest BCUT2D eigenvalue weighted by Gasteiger charge is 2.24. The summed E-state index contributed by atoms with van der Waals surface area (Å²) in [6.07, 6.45) is -3.25. The Morgan fingerprint density at radius 2 is 2.06 bits per heavy atom. The number of amides is 1. The predicted molar refractivity (Wildman–Crippen MR) is 60.5 cm³/mol. The summed E-state index contributed by atoms with van der Waals surface area (Å²) in [6, 6.07) is 5.63. The van der Waals surface area contributed by atoms with Crippen LogP contribution in [0.1, 0.15) is 11.1 Å². The van der Waals surface area contributed by atoms with Crippen LogP contribution in [0, 0.1) is 6.92 Å². The number of carboxylic acids is 1. The second-order valence-corrected chi connectivity index (χ2v) is 3.89. The van der Waals surface area contributed by atoms with Crippen molar-refractivity contribution in [3.05, 3.63) is 35.4 Å². The molecule has 1 rings (SSSR count). The van der Waals surface area contributed by atoms with Gasteiger partial charge in [0.15, 0.2) is 0 Å². The summed E-state index contributed by atoms with van der Waals surface area (Å²) in [5, 5.41) is 10.7. The minimum absolute atomic E-state index is 0.0323. The molecule has 1 aromatic carbocycles. The Hall–Kier alpha value is -1.98. The summed E-state index contributed by atoms with van der Waals surface area (Å²) >= 11 is 0. The maximum atomic E-state index is 12.1. The number of rotatable bonds is 5. The van der Waals surface area contributed by atoms with Crippen molar-refractivity contribution in [3.63, 3.8) is 0 Å². The molecule has 0 aliphatic rings. The largest absolute Gasteiger partial charge is 0.480 e. The second-order valence-electron chi connectivity index (χ2n) is 3.89. The Morgan fingerprint density at radius 1 is 1.39 bits per heavy atom. The molecular formula is C12H13F2NO3. The molecule has 1 aromatic rings. The molecule has 0 radical (unpaired) electrons. The maximum Gasteiger partial charge on any atom is 0.326 e. The molecule has 0 spiro atoms. The van der Waals surface area contributed by atoms with Crippen LogP contribution in [0.5, 0.6) is 0 Å². The van der Waals surface area contributed by atoms with Gasteiger partial charge < -0.3 is 10.4 Å². The van der Waals surface area contributed by atoms with Gasteiger partial charge in [-0.15, -0.1) is 0 Å². The first kappa shape index (κ1) is 14.1. The van der Waals surface area contributed by atoms with E-state index in [1.165, 1.54) is 0 Å². The number of aryl methyl sites for hydroxylation is 1. The first-order valence-electron chi connectivity index (χ1n) is 5.27. The summed E-state index contributed by atoms with van der Waals surface area (Å²) in [6.45, 7) is 1.83. The number of alkyl halides is 2. The molecule has 6 heteroatoms. The number of carbonyl (C=O) groups excluding carboxylic acids is 1. The van der Waals surface area contributed by atoms with Crippen LogP contribution in [0.15, 0.2) is 24.3 Å². The minimum atomic E-state index is -3.22. The number of carboxylic acid groups (broad SMARTS) is 1. The highest BCUT2D eigenvalue weighted by Crippen LogP contribution is 2.07. The lowest BCUT2D eigenvalue weighted by atomic mass is 10.0. The lowest BCUT2D eigenvalue weighted by molar-refractivity contribution is -0.144. The van der Waals surface area contributed by atoms with Crippen molar-refractivity contribution in [1.82, 2.24) is 5.32 Å². The topological polar surface area (TPSA) is 66.4 Å². The van der Waals surface area contributed by atoms with Gasteiger partial charge in [0.25, 0.3) is 5.91 Å². The number of carbonyl (C=O) groups is 2. The Kier molecular flexibility index (Phi) is 4.76. The standard InChI is InChI=1S/C12H13F2NO3/c1-7-3-2-4-8(5-7)6-9(12(17)18)15-11(16)10(13)14/h2-5,9-10H,6H2,1H3,(H,15,16)(H,17,18). The van der Waals surface area contributed by atoms with Gasteiger partial charge in [0.1, 0.15) is 6.04 Å². The average molecular weight is 257 g/mol. The summed E-state index contributed by atoms with van der Waals surface area (Å²) in [5.74, 6) is -2.92. The van der Waals surface area contributed by atoms with Gasteiger partial charge >= 0.3 is 12.4 Å². The van der Waals surface area contributed by atoms with Crippen molar-refractivity contribution in [2.24, 2.45) is 0 Å². The molecule has 98 valence electrons. The lowest BCUT2D eigenvalue weighted by Crippen LogP contribution is -2.44. The summed E-state index contributed by atoms with van der Waals surface area (Å²) in [4.78, 5) is 21.7. The normalized spacial score (nSPS) is 12.2. The molecule has 0 aromatic heterocycles. The van der Waals surface area contributed by atoms with Crippen molar-refractivity contribution in [3.8, 4) is 0 Å². The van der Waals surface area contributed by atoms with Gasteiger partial charge in [0, 0.05) is 6.42 Å². The van der Waals surface area contributed by atoms with Crippen molar-refractivity contribution in [2.75, 3.05) is 0 Å². The molecule has 1 unspecified atom stereocenters. The number of hydrogen-bond donors (Lipinski definition) is 2. The van der Waals surface area contributed by atoms with Gasteiger partial charge in [-0.1, -0.05) is 29.8 Å². The van der Waals surface area contributed by atoms with Crippen LogP contribution in [-0.4, -0.2) is 29.5 Å². The van der Waals surface area contributed by atoms with E-state index in [0.29, 0.717) is 5.56 Å². The van der Waals surface area contributed by atoms with E-state index in [9.17, 15) is 18.4 Å². The zero-order valence-electron chi connectivity index (χ0n) is 9.69. The zero-order chi connectivity index (χ0) is 13.7. The molecule has 0 bridgehead atoms. The van der Waals surface area contributed by atoms with Crippen molar-refractivity contribution < 1.29 is 23.5 Å². The summed E-state index contributed by atoms with van der Waals surface area (Å²) < 4.78 is 24.1. The summed E-state index contributed by atoms with van der Waals surface area (Å²) in [5.41, 5.74) is 1.59. The van der Waals surface area contributed by atoms with E-state index in [2.05, 4.69) is 0 Å². The Balaban J connectivity index is 2.75. The molecule has 1 amide bonds. The van der Waals surface area contributed by atoms with Crippen LogP contribution in [0.4, 0.5) is 8.78 Å². The number of hydrogen-bond acceptors (Lipinski definition) is 2. The van der Waals surface area contributed by atoms with E-state index in [-0.39, 0.29) is 6.42 Å². The molecule has 0 saturated carbocycles. The smallest absolute Gasteiger partial charge is 0.326 e. The van der Waals surface area contributed by atoms with Crippen molar-refractivity contribution in [2.45, 2.75) is 25.8 Å². The van der Waals surface area contributed by atoms with Gasteiger partial charge in [-0.2, -0.15) is 8.78 Å². The molecule has 2 N–H and O–H groups in total. The first-order valence-corrected chi connectivity index (χ1v) is 5.27. The molecule has 0 saturated heterocycles. The fourth-order valence-electron chi connectivity index (χ4n) is 1.51. The third-order valence-electron chi connectivity index (χ3n) is 2.34. The average Bonchev–Trinajstić information content (AvgIpc) is 2.27. The third-order valence-corrected chi connectivity index (χ3v) is 2.34. The van der Waals surface area contributed by atoms with Crippen LogP contribution in [0.25, 0.3) is 0 Å². The summed E-state index contributed by atoms with van der Waals surface area (Å²) in [7, 11) is 0. The molecule has 0 aliphatic heterocycles. The highest BCUT2D eigenvalue weighted by molar-refractivity contribution is 5.85. The lowest BCUT2D eigenvalue weighted by Gasteiger charge is -2.14. The van der Waals surface area contributed by atoms with Crippen molar-refractivity contribution in [1.29, 1.82) is 0 Å². The third kappa shape index (κ3) is 4.12. The molecule has 4 nitrogen and oxygen atoms in total. The highest BCUT2D eigenvalue weighted by atomic mass is 19.3. The quantitative estimate of drug-likeness (QED) is 0.837. The van der Waals surface area contributed by atoms with E-state index < -0.39 is 24.3 Å². The fraction of sp³-hybridized carbons (Fsp3) is 0.333. The number of nitrogens with one attached hydrogen (secondary N) is 1. The van der Waals surface area contributed by atoms with Crippen LogP contribution < -0.4 is 5.32 Å². The maximum absolute atomic E-state index is 12.1. The van der Waals surface area contributed by atoms with E-state index in [1.807, 2.05) is 13.0 Å². The molecular weight excluding hydrogens is 244 g/mol. The molecule has 1 atom stereocenters. The number of aliphatic carboxylic acids is 1. The van der Waals surface area contributed by atoms with Gasteiger partial charge in [-0.25, -0.2) is 4.79 Å². The number of benzene rings is 1. The van der Waals surface area contributed by atoms with E-state index in [1.54, 1.807) is 23.5 Å². The minimum Gasteiger partial charge on any atom is -0.480 e. The van der Waals surface area contributed by atoms with E-state index in [4.69, 9.17) is 5.11 Å². The Morgan fingerprint density at radius 3 is 2.56 bits per heavy atom. The molecule has 0 fully saturated rings. The van der Waals surface area contributed by atoms with Crippen LogP contribution >= 0.6 is 0 Å². The number of halogens is 2. The Labute approximate surface area is 103 Å². The van der Waals surface area contributed by atoms with Crippen LogP contribution in [0.3, 0.4) is 0 Å².